The fourth-order valence-corrected chi connectivity index (χ4v) is 9.22. The summed E-state index contributed by atoms with van der Waals surface area (Å²) in [7, 11) is -10.9. The van der Waals surface area contributed by atoms with Crippen LogP contribution in [0.2, 0.25) is 0 Å². The molecule has 0 amide bonds. The van der Waals surface area contributed by atoms with Gasteiger partial charge in [0.2, 0.25) is 0 Å². The van der Waals surface area contributed by atoms with Crippen LogP contribution in [-0.2, 0) is 43.5 Å². The third kappa shape index (κ3) is 11.1. The molecule has 0 bridgehead atoms. The number of aliphatic hydroxyl groups excluding tert-OH is 4. The van der Waals surface area contributed by atoms with E-state index in [9.17, 15) is 48.9 Å². The van der Waals surface area contributed by atoms with Gasteiger partial charge in [0.05, 0.1) is 13.2 Å². The quantitative estimate of drug-likeness (QED) is 0.0479. The van der Waals surface area contributed by atoms with Crippen LogP contribution in [0.3, 0.4) is 0 Å². The lowest BCUT2D eigenvalue weighted by atomic mass is 10.1. The van der Waals surface area contributed by atoms with Crippen molar-refractivity contribution in [2.75, 3.05) is 13.2 Å². The maximum Gasteiger partial charge on any atom is 0.481 e. The van der Waals surface area contributed by atoms with Crippen LogP contribution in [0, 0.1) is 0 Å². The van der Waals surface area contributed by atoms with Gasteiger partial charge in [0.1, 0.15) is 46.7 Å². The molecular formula is C32H39N5O15P2S2. The number of hydrogen-bond donors (Lipinski definition) is 7. The number of phosphoric acid groups is 2. The normalized spacial score (nSPS) is 27.0. The molecule has 0 saturated carbocycles. The van der Waals surface area contributed by atoms with Gasteiger partial charge in [0.25, 0.3) is 0 Å². The van der Waals surface area contributed by atoms with Gasteiger partial charge < -0.3 is 45.8 Å². The summed E-state index contributed by atoms with van der Waals surface area (Å²) in [4.78, 5) is 53.7. The first-order chi connectivity index (χ1) is 26.2. The molecule has 0 radical (unpaired) electrons. The number of rotatable bonds is 16. The van der Waals surface area contributed by atoms with Gasteiger partial charge in [-0.3, -0.25) is 18.2 Å². The van der Waals surface area contributed by atoms with E-state index in [0.717, 1.165) is 20.3 Å². The van der Waals surface area contributed by atoms with Crippen molar-refractivity contribution in [2.24, 2.45) is 0 Å². The monoisotopic (exact) mass is 859 g/mol. The molecule has 9 N–H and O–H groups in total. The molecule has 56 heavy (non-hydrogen) atoms. The molecule has 10 atom stereocenters. The summed E-state index contributed by atoms with van der Waals surface area (Å²) in [6.07, 6.45) is -10.3. The first kappa shape index (κ1) is 44.0. The zero-order chi connectivity index (χ0) is 39.3. The second-order valence-corrected chi connectivity index (χ2v) is 17.2. The van der Waals surface area contributed by atoms with Crippen molar-refractivity contribution in [3.05, 3.63) is 117 Å². The Morgan fingerprint density at radius 3 is 1.36 bits per heavy atom. The summed E-state index contributed by atoms with van der Waals surface area (Å²) in [5.74, 6) is 1.08. The van der Waals surface area contributed by atoms with Crippen molar-refractivity contribution >= 4 is 39.2 Å². The topological polar surface area (TPSA) is 306 Å². The largest absolute Gasteiger partial charge is 0.481 e. The summed E-state index contributed by atoms with van der Waals surface area (Å²) in [5, 5.41) is 42.9. The minimum Gasteiger partial charge on any atom is -0.387 e. The van der Waals surface area contributed by atoms with Gasteiger partial charge >= 0.3 is 27.0 Å². The third-order valence-corrected chi connectivity index (χ3v) is 12.9. The third-order valence-electron chi connectivity index (χ3n) is 8.30. The van der Waals surface area contributed by atoms with Gasteiger partial charge in [0, 0.05) is 23.9 Å². The Bertz CT molecular complexity index is 1990. The number of aliphatic hydroxyl groups is 4. The maximum atomic E-state index is 12.7. The number of nitrogens with zero attached hydrogens (tertiary/aromatic N) is 4. The van der Waals surface area contributed by atoms with Crippen molar-refractivity contribution in [3.63, 3.8) is 0 Å². The lowest BCUT2D eigenvalue weighted by molar-refractivity contribution is -0.0568. The Balaban J connectivity index is 0.00000600. The smallest absolute Gasteiger partial charge is 0.387 e. The number of thioether (sulfide) groups is 2. The van der Waals surface area contributed by atoms with E-state index in [-0.39, 0.29) is 6.15 Å². The average Bonchev–Trinajstić information content (AvgIpc) is 3.60. The van der Waals surface area contributed by atoms with E-state index in [0.29, 0.717) is 21.6 Å². The highest BCUT2D eigenvalue weighted by molar-refractivity contribution is 7.98. The summed E-state index contributed by atoms with van der Waals surface area (Å²) in [5.41, 5.74) is 0.394. The lowest BCUT2D eigenvalue weighted by Gasteiger charge is -2.20. The fourth-order valence-electron chi connectivity index (χ4n) is 5.51. The highest BCUT2D eigenvalue weighted by Crippen LogP contribution is 2.60. The van der Waals surface area contributed by atoms with Gasteiger partial charge in [-0.2, -0.15) is 14.3 Å². The molecule has 2 fully saturated rings. The summed E-state index contributed by atoms with van der Waals surface area (Å²) >= 11 is 2.60. The van der Waals surface area contributed by atoms with Gasteiger partial charge in [-0.05, 0) is 23.3 Å². The predicted molar refractivity (Wildman–Crippen MR) is 199 cm³/mol. The Morgan fingerprint density at radius 2 is 1.00 bits per heavy atom. The minimum absolute atomic E-state index is 0. The highest BCUT2D eigenvalue weighted by atomic mass is 32.2. The van der Waals surface area contributed by atoms with E-state index in [1.54, 1.807) is 0 Å². The molecule has 2 aromatic carbocycles. The molecular weight excluding hydrogens is 820 g/mol. The first-order valence-electron chi connectivity index (χ1n) is 16.4. The van der Waals surface area contributed by atoms with Crippen molar-refractivity contribution in [1.29, 1.82) is 0 Å². The SMILES string of the molecule is N.O=c1nc(SCc2ccccc2)ccn1[C@@H]1O[C@H](COP(=O)(O)OP(=O)(O)OC[C@H]2O[C@@H](n3ccc(SCc4ccccc4)nc3=O)[C@H](O)[C@@H]2O)[C@@H](O)[C@H]1O. The number of ether oxygens (including phenoxy) is 2. The van der Waals surface area contributed by atoms with Crippen LogP contribution < -0.4 is 17.5 Å². The van der Waals surface area contributed by atoms with E-state index in [1.807, 2.05) is 60.7 Å². The molecule has 20 nitrogen and oxygen atoms in total. The molecule has 2 saturated heterocycles. The van der Waals surface area contributed by atoms with E-state index in [4.69, 9.17) is 18.5 Å². The van der Waals surface area contributed by atoms with Crippen LogP contribution in [0.15, 0.2) is 105 Å². The molecule has 2 aromatic heterocycles. The Hall–Kier alpha value is -3.12. The molecule has 2 unspecified atom stereocenters. The highest BCUT2D eigenvalue weighted by Gasteiger charge is 2.48. The van der Waals surface area contributed by atoms with Crippen LogP contribution in [-0.4, -0.2) is 99.2 Å². The average molecular weight is 860 g/mol. The predicted octanol–water partition coefficient (Wildman–Crippen LogP) is 1.74. The number of benzene rings is 2. The second kappa shape index (κ2) is 19.1. The van der Waals surface area contributed by atoms with E-state index >= 15 is 0 Å². The fraction of sp³-hybridized carbons (Fsp3) is 0.375. The van der Waals surface area contributed by atoms with Gasteiger partial charge in [0.15, 0.2) is 12.5 Å². The van der Waals surface area contributed by atoms with Crippen molar-refractivity contribution < 1.29 is 62.2 Å². The Morgan fingerprint density at radius 1 is 0.625 bits per heavy atom. The number of aromatic nitrogens is 4. The van der Waals surface area contributed by atoms with Crippen LogP contribution >= 0.6 is 39.2 Å². The van der Waals surface area contributed by atoms with E-state index in [1.165, 1.54) is 48.1 Å². The van der Waals surface area contributed by atoms with Crippen LogP contribution in [0.1, 0.15) is 23.6 Å². The van der Waals surface area contributed by atoms with Crippen LogP contribution in [0.5, 0.6) is 0 Å². The molecule has 4 heterocycles. The standard InChI is InChI=1S/C32H36N4O15P2S2.H3N/c37-25-21(49-29(27(25)39)35-13-11-23(33-31(35)41)54-17-19-7-3-1-4-8-19)15-47-52(43,44)51-53(45,46)48-16-22-26(38)28(40)30(50-22)36-14-12-24(34-32(36)42)55-18-20-9-5-2-6-10-20;/h1-14,21-22,25-30,37-40H,15-18H2,(H,43,44)(H,45,46);1H3/t21-,22-,25-,26-,27-,28-,29-,30-;/m1./s1. The van der Waals surface area contributed by atoms with Crippen molar-refractivity contribution in [3.8, 4) is 0 Å². The molecule has 24 heteroatoms. The molecule has 304 valence electrons. The number of phosphoric ester groups is 2. The second-order valence-electron chi connectivity index (χ2n) is 12.2. The lowest BCUT2D eigenvalue weighted by Crippen LogP contribution is -2.36. The molecule has 0 aliphatic carbocycles. The summed E-state index contributed by atoms with van der Waals surface area (Å²) in [6.45, 7) is -1.92. The molecule has 2 aliphatic heterocycles. The summed E-state index contributed by atoms with van der Waals surface area (Å²) in [6, 6.07) is 21.9. The first-order valence-corrected chi connectivity index (χ1v) is 21.4. The van der Waals surface area contributed by atoms with Gasteiger partial charge in [-0.25, -0.2) is 18.7 Å². The summed E-state index contributed by atoms with van der Waals surface area (Å²) < 4.78 is 51.8. The van der Waals surface area contributed by atoms with Crippen LogP contribution in [0.25, 0.3) is 0 Å². The Labute approximate surface area is 326 Å². The zero-order valence-corrected chi connectivity index (χ0v) is 32.5. The Kier molecular flexibility index (Phi) is 15.0. The van der Waals surface area contributed by atoms with Crippen molar-refractivity contribution in [1.82, 2.24) is 25.3 Å². The molecule has 4 aromatic rings. The van der Waals surface area contributed by atoms with Gasteiger partial charge in [-0.1, -0.05) is 60.7 Å². The molecule has 6 rings (SSSR count). The van der Waals surface area contributed by atoms with E-state index in [2.05, 4.69) is 14.3 Å². The minimum atomic E-state index is -5.44. The van der Waals surface area contributed by atoms with Crippen LogP contribution in [0.4, 0.5) is 0 Å². The zero-order valence-electron chi connectivity index (χ0n) is 29.1. The maximum absolute atomic E-state index is 12.7. The molecule has 0 spiro atoms. The van der Waals surface area contributed by atoms with Crippen molar-refractivity contribution in [2.45, 2.75) is 70.6 Å². The van der Waals surface area contributed by atoms with E-state index < -0.39 is 89.3 Å². The van der Waals surface area contributed by atoms with Gasteiger partial charge in [-0.15, -0.1) is 23.5 Å². The number of hydrogen-bond acceptors (Lipinski definition) is 18. The molecule has 2 aliphatic rings.